The lowest BCUT2D eigenvalue weighted by Crippen LogP contribution is -2.00. The van der Waals surface area contributed by atoms with Crippen molar-refractivity contribution < 1.29 is 4.79 Å². The number of aromatic nitrogens is 1. The van der Waals surface area contributed by atoms with Crippen molar-refractivity contribution in [1.29, 1.82) is 0 Å². The molecule has 3 heteroatoms. The lowest BCUT2D eigenvalue weighted by molar-refractivity contribution is 0.0984. The summed E-state index contributed by atoms with van der Waals surface area (Å²) in [7, 11) is 0. The Morgan fingerprint density at radius 1 is 1.33 bits per heavy atom. The molecule has 0 saturated carbocycles. The first-order chi connectivity index (χ1) is 7.22. The summed E-state index contributed by atoms with van der Waals surface area (Å²) in [6, 6.07) is 9.56. The minimum Gasteiger partial charge on any atom is -0.292 e. The van der Waals surface area contributed by atoms with Crippen molar-refractivity contribution in [3.63, 3.8) is 0 Å². The van der Waals surface area contributed by atoms with Gasteiger partial charge in [-0.15, -0.1) is 0 Å². The van der Waals surface area contributed by atoms with Crippen molar-refractivity contribution >= 4 is 32.6 Å². The molecule has 15 heavy (non-hydrogen) atoms. The third-order valence-corrected chi connectivity index (χ3v) is 2.92. The fraction of sp³-hybridized carbons (Fsp3) is 0.167. The van der Waals surface area contributed by atoms with Crippen molar-refractivity contribution in [3.05, 3.63) is 40.5 Å². The predicted molar refractivity (Wildman–Crippen MR) is 64.1 cm³/mol. The maximum atomic E-state index is 11.5. The average Bonchev–Trinajstić information content (AvgIpc) is 2.28. The van der Waals surface area contributed by atoms with Gasteiger partial charge >= 0.3 is 0 Å². The molecule has 1 heterocycles. The summed E-state index contributed by atoms with van der Waals surface area (Å²) in [4.78, 5) is 15.8. The van der Waals surface area contributed by atoms with Crippen LogP contribution < -0.4 is 0 Å². The molecule has 0 amide bonds. The molecule has 1 aromatic carbocycles. The zero-order valence-corrected chi connectivity index (χ0v) is 9.91. The van der Waals surface area contributed by atoms with Crippen LogP contribution in [0.1, 0.15) is 23.8 Å². The van der Waals surface area contributed by atoms with Crippen LogP contribution >= 0.6 is 15.9 Å². The molecule has 0 fully saturated rings. The molecule has 0 aliphatic carbocycles. The Hall–Kier alpha value is -1.22. The Morgan fingerprint density at radius 3 is 2.87 bits per heavy atom. The second-order valence-electron chi connectivity index (χ2n) is 3.28. The molecule has 0 unspecified atom stereocenters. The van der Waals surface area contributed by atoms with Crippen LogP contribution in [0.15, 0.2) is 34.8 Å². The number of Topliss-reactive ketones (excluding diaryl/α,β-unsaturated/α-hetero) is 1. The van der Waals surface area contributed by atoms with Gasteiger partial charge in [0.1, 0.15) is 5.69 Å². The first-order valence-corrected chi connectivity index (χ1v) is 5.60. The van der Waals surface area contributed by atoms with Gasteiger partial charge < -0.3 is 0 Å². The van der Waals surface area contributed by atoms with Crippen LogP contribution in [0.25, 0.3) is 10.9 Å². The summed E-state index contributed by atoms with van der Waals surface area (Å²) in [5.41, 5.74) is 1.38. The molecule has 0 saturated heterocycles. The quantitative estimate of drug-likeness (QED) is 0.776. The second kappa shape index (κ2) is 4.11. The summed E-state index contributed by atoms with van der Waals surface area (Å²) in [5, 5.41) is 1.04. The number of benzene rings is 1. The fourth-order valence-corrected chi connectivity index (χ4v) is 1.92. The highest BCUT2D eigenvalue weighted by atomic mass is 79.9. The van der Waals surface area contributed by atoms with Gasteiger partial charge in [-0.1, -0.05) is 25.1 Å². The number of hydrogen-bond donors (Lipinski definition) is 0. The van der Waals surface area contributed by atoms with Crippen LogP contribution in [0.3, 0.4) is 0 Å². The van der Waals surface area contributed by atoms with Gasteiger partial charge in [0.15, 0.2) is 5.78 Å². The van der Waals surface area contributed by atoms with E-state index in [1.807, 2.05) is 31.2 Å². The maximum absolute atomic E-state index is 11.5. The lowest BCUT2D eigenvalue weighted by atomic mass is 10.1. The highest BCUT2D eigenvalue weighted by molar-refractivity contribution is 9.10. The number of para-hydroxylation sites is 1. The van der Waals surface area contributed by atoms with E-state index in [4.69, 9.17) is 0 Å². The first-order valence-electron chi connectivity index (χ1n) is 4.81. The number of carbonyl (C=O) groups is 1. The Balaban J connectivity index is 2.64. The van der Waals surface area contributed by atoms with Crippen molar-refractivity contribution in [2.45, 2.75) is 13.3 Å². The van der Waals surface area contributed by atoms with Gasteiger partial charge in [0, 0.05) is 16.3 Å². The van der Waals surface area contributed by atoms with Crippen molar-refractivity contribution in [1.82, 2.24) is 4.98 Å². The molecule has 0 atom stereocenters. The van der Waals surface area contributed by atoms with E-state index in [0.717, 1.165) is 15.4 Å². The van der Waals surface area contributed by atoms with E-state index in [-0.39, 0.29) is 5.78 Å². The Morgan fingerprint density at radius 2 is 2.13 bits per heavy atom. The van der Waals surface area contributed by atoms with Crippen molar-refractivity contribution in [3.8, 4) is 0 Å². The maximum Gasteiger partial charge on any atom is 0.180 e. The van der Waals surface area contributed by atoms with Gasteiger partial charge in [0.2, 0.25) is 0 Å². The molecule has 2 nitrogen and oxygen atoms in total. The molecule has 1 aromatic heterocycles. The molecule has 2 rings (SSSR count). The summed E-state index contributed by atoms with van der Waals surface area (Å²) in [6.07, 6.45) is 0.489. The highest BCUT2D eigenvalue weighted by Gasteiger charge is 2.06. The van der Waals surface area contributed by atoms with Crippen LogP contribution in [-0.2, 0) is 0 Å². The number of pyridine rings is 1. The molecule has 0 aliphatic rings. The van der Waals surface area contributed by atoms with Gasteiger partial charge in [-0.3, -0.25) is 4.79 Å². The standard InChI is InChI=1S/C12H10BrNO/c1-2-11(15)10-7-6-8-4-3-5-9(13)12(8)14-10/h3-7H,2H2,1H3. The highest BCUT2D eigenvalue weighted by Crippen LogP contribution is 2.22. The largest absolute Gasteiger partial charge is 0.292 e. The van der Waals surface area contributed by atoms with E-state index in [1.165, 1.54) is 0 Å². The fourth-order valence-electron chi connectivity index (χ4n) is 1.45. The topological polar surface area (TPSA) is 30.0 Å². The van der Waals surface area contributed by atoms with Crippen LogP contribution in [0.5, 0.6) is 0 Å². The van der Waals surface area contributed by atoms with Crippen molar-refractivity contribution in [2.75, 3.05) is 0 Å². The third-order valence-electron chi connectivity index (χ3n) is 2.28. The molecule has 76 valence electrons. The number of nitrogens with zero attached hydrogens (tertiary/aromatic N) is 1. The van der Waals surface area contributed by atoms with Crippen LogP contribution in [-0.4, -0.2) is 10.8 Å². The molecule has 0 radical (unpaired) electrons. The molecule has 0 bridgehead atoms. The van der Waals surface area contributed by atoms with Crippen LogP contribution in [0.4, 0.5) is 0 Å². The summed E-state index contributed by atoms with van der Waals surface area (Å²) in [6.45, 7) is 1.84. The Bertz CT molecular complexity index is 522. The summed E-state index contributed by atoms with van der Waals surface area (Å²) >= 11 is 3.43. The number of halogens is 1. The van der Waals surface area contributed by atoms with Gasteiger partial charge in [-0.05, 0) is 28.1 Å². The predicted octanol–water partition coefficient (Wildman–Crippen LogP) is 3.59. The van der Waals surface area contributed by atoms with E-state index < -0.39 is 0 Å². The number of ketones is 1. The summed E-state index contributed by atoms with van der Waals surface area (Å²) < 4.78 is 0.922. The molecular formula is C12H10BrNO. The van der Waals surface area contributed by atoms with Gasteiger partial charge in [-0.2, -0.15) is 0 Å². The number of rotatable bonds is 2. The number of carbonyl (C=O) groups excluding carboxylic acids is 1. The number of hydrogen-bond acceptors (Lipinski definition) is 2. The molecule has 0 aliphatic heterocycles. The first kappa shape index (κ1) is 10.3. The van der Waals surface area contributed by atoms with Crippen LogP contribution in [0.2, 0.25) is 0 Å². The molecular weight excluding hydrogens is 254 g/mol. The Labute approximate surface area is 96.5 Å². The van der Waals surface area contributed by atoms with Gasteiger partial charge in [0.25, 0.3) is 0 Å². The minimum atomic E-state index is 0.0765. The van der Waals surface area contributed by atoms with Gasteiger partial charge in [-0.25, -0.2) is 4.98 Å². The average molecular weight is 264 g/mol. The zero-order chi connectivity index (χ0) is 10.8. The monoisotopic (exact) mass is 263 g/mol. The van der Waals surface area contributed by atoms with Gasteiger partial charge in [0.05, 0.1) is 5.52 Å². The van der Waals surface area contributed by atoms with E-state index >= 15 is 0 Å². The second-order valence-corrected chi connectivity index (χ2v) is 4.14. The Kier molecular flexibility index (Phi) is 2.82. The molecule has 0 N–H and O–H groups in total. The SMILES string of the molecule is CCC(=O)c1ccc2cccc(Br)c2n1. The van der Waals surface area contributed by atoms with E-state index in [1.54, 1.807) is 6.07 Å². The lowest BCUT2D eigenvalue weighted by Gasteiger charge is -2.02. The van der Waals surface area contributed by atoms with E-state index in [2.05, 4.69) is 20.9 Å². The summed E-state index contributed by atoms with van der Waals surface area (Å²) in [5.74, 6) is 0.0765. The van der Waals surface area contributed by atoms with E-state index in [0.29, 0.717) is 12.1 Å². The number of fused-ring (bicyclic) bond motifs is 1. The van der Waals surface area contributed by atoms with E-state index in [9.17, 15) is 4.79 Å². The molecule has 2 aromatic rings. The third kappa shape index (κ3) is 1.92. The zero-order valence-electron chi connectivity index (χ0n) is 8.33. The van der Waals surface area contributed by atoms with Crippen LogP contribution in [0, 0.1) is 0 Å². The minimum absolute atomic E-state index is 0.0765. The smallest absolute Gasteiger partial charge is 0.180 e. The molecule has 0 spiro atoms. The normalized spacial score (nSPS) is 10.5. The van der Waals surface area contributed by atoms with Crippen molar-refractivity contribution in [2.24, 2.45) is 0 Å².